The van der Waals surface area contributed by atoms with Crippen molar-refractivity contribution in [1.29, 1.82) is 0 Å². The molecule has 1 aliphatic rings. The Morgan fingerprint density at radius 1 is 1.18 bits per heavy atom. The minimum atomic E-state index is -0.276. The molecule has 0 unspecified atom stereocenters. The van der Waals surface area contributed by atoms with Gasteiger partial charge in [0.05, 0.1) is 12.0 Å². The van der Waals surface area contributed by atoms with Crippen LogP contribution in [-0.4, -0.2) is 34.8 Å². The van der Waals surface area contributed by atoms with Crippen molar-refractivity contribution in [3.63, 3.8) is 0 Å². The maximum absolute atomic E-state index is 12.6. The van der Waals surface area contributed by atoms with Gasteiger partial charge in [-0.25, -0.2) is 0 Å². The van der Waals surface area contributed by atoms with Crippen LogP contribution in [0.1, 0.15) is 30.5 Å². The van der Waals surface area contributed by atoms with E-state index in [2.05, 4.69) is 16.4 Å². The van der Waals surface area contributed by atoms with Gasteiger partial charge < -0.3 is 15.2 Å². The van der Waals surface area contributed by atoms with E-state index in [1.54, 1.807) is 0 Å². The van der Waals surface area contributed by atoms with E-state index in [9.17, 15) is 9.59 Å². The highest BCUT2D eigenvalue weighted by atomic mass is 16.2. The van der Waals surface area contributed by atoms with Crippen molar-refractivity contribution in [1.82, 2.24) is 15.2 Å². The van der Waals surface area contributed by atoms with Crippen molar-refractivity contribution in [2.45, 2.75) is 25.8 Å². The van der Waals surface area contributed by atoms with Crippen LogP contribution in [0.3, 0.4) is 0 Å². The lowest BCUT2D eigenvalue weighted by atomic mass is 10.1. The van der Waals surface area contributed by atoms with Gasteiger partial charge in [0.15, 0.2) is 0 Å². The van der Waals surface area contributed by atoms with Gasteiger partial charge in [0.25, 0.3) is 0 Å². The van der Waals surface area contributed by atoms with Crippen LogP contribution in [0.5, 0.6) is 0 Å². The summed E-state index contributed by atoms with van der Waals surface area (Å²) in [6, 6.07) is 18.1. The zero-order chi connectivity index (χ0) is 19.5. The zero-order valence-corrected chi connectivity index (χ0v) is 16.0. The zero-order valence-electron chi connectivity index (χ0n) is 16.0. The largest absolute Gasteiger partial charge is 0.361 e. The lowest BCUT2D eigenvalue weighted by Crippen LogP contribution is -2.34. The molecule has 4 rings (SSSR count). The molecule has 1 aromatic heterocycles. The number of rotatable bonds is 6. The maximum Gasteiger partial charge on any atom is 0.225 e. The number of carbonyl (C=O) groups is 2. The quantitative estimate of drug-likeness (QED) is 0.693. The van der Waals surface area contributed by atoms with Crippen molar-refractivity contribution in [3.8, 4) is 0 Å². The Balaban J connectivity index is 1.32. The van der Waals surface area contributed by atoms with E-state index in [-0.39, 0.29) is 30.2 Å². The summed E-state index contributed by atoms with van der Waals surface area (Å²) in [6.07, 6.45) is 3.05. The summed E-state index contributed by atoms with van der Waals surface area (Å²) in [5.74, 6) is -0.259. The normalized spacial score (nSPS) is 17.8. The van der Waals surface area contributed by atoms with Gasteiger partial charge in [0.2, 0.25) is 11.8 Å². The van der Waals surface area contributed by atoms with Crippen LogP contribution in [0.15, 0.2) is 60.8 Å². The number of fused-ring (bicyclic) bond motifs is 1. The standard InChI is InChI=1S/C23H25N3O2/c1-16(17-7-3-2-4-8-17)26-15-19(13-22(26)27)23(28)24-12-11-18-14-25-21-10-6-5-9-20(18)21/h2-10,14,16,19,25H,11-13,15H2,1H3,(H,24,28)/t16-,19-/m1/s1. The van der Waals surface area contributed by atoms with Crippen molar-refractivity contribution in [3.05, 3.63) is 71.9 Å². The fourth-order valence-electron chi connectivity index (χ4n) is 4.00. The molecule has 2 heterocycles. The molecule has 1 aliphatic heterocycles. The van der Waals surface area contributed by atoms with E-state index in [1.807, 2.05) is 66.6 Å². The van der Waals surface area contributed by atoms with Crippen LogP contribution in [-0.2, 0) is 16.0 Å². The Morgan fingerprint density at radius 3 is 2.75 bits per heavy atom. The first-order valence-corrected chi connectivity index (χ1v) is 9.80. The second-order valence-corrected chi connectivity index (χ2v) is 7.43. The van der Waals surface area contributed by atoms with E-state index in [1.165, 1.54) is 10.9 Å². The van der Waals surface area contributed by atoms with Gasteiger partial charge in [-0.2, -0.15) is 0 Å². The van der Waals surface area contributed by atoms with E-state index in [0.29, 0.717) is 13.1 Å². The van der Waals surface area contributed by atoms with E-state index in [0.717, 1.165) is 17.5 Å². The summed E-state index contributed by atoms with van der Waals surface area (Å²) in [7, 11) is 0. The fourth-order valence-corrected chi connectivity index (χ4v) is 4.00. The Bertz CT molecular complexity index is 980. The molecule has 5 heteroatoms. The van der Waals surface area contributed by atoms with Gasteiger partial charge in [-0.1, -0.05) is 48.5 Å². The molecule has 0 radical (unpaired) electrons. The molecular formula is C23H25N3O2. The molecular weight excluding hydrogens is 350 g/mol. The summed E-state index contributed by atoms with van der Waals surface area (Å²) < 4.78 is 0. The number of nitrogens with one attached hydrogen (secondary N) is 2. The molecule has 0 aliphatic carbocycles. The molecule has 0 bridgehead atoms. The molecule has 144 valence electrons. The predicted octanol–water partition coefficient (Wildman–Crippen LogP) is 3.44. The average molecular weight is 375 g/mol. The van der Waals surface area contributed by atoms with Gasteiger partial charge in [-0.05, 0) is 30.5 Å². The second-order valence-electron chi connectivity index (χ2n) is 7.43. The maximum atomic E-state index is 12.6. The molecule has 1 saturated heterocycles. The van der Waals surface area contributed by atoms with Crippen LogP contribution in [0, 0.1) is 5.92 Å². The van der Waals surface area contributed by atoms with Crippen molar-refractivity contribution < 1.29 is 9.59 Å². The van der Waals surface area contributed by atoms with Gasteiger partial charge >= 0.3 is 0 Å². The van der Waals surface area contributed by atoms with Gasteiger partial charge in [0.1, 0.15) is 0 Å². The second kappa shape index (κ2) is 7.89. The van der Waals surface area contributed by atoms with Crippen molar-refractivity contribution in [2.24, 2.45) is 5.92 Å². The molecule has 2 N–H and O–H groups in total. The fraction of sp³-hybridized carbons (Fsp3) is 0.304. The Hall–Kier alpha value is -3.08. The Kier molecular flexibility index (Phi) is 5.15. The highest BCUT2D eigenvalue weighted by Crippen LogP contribution is 2.28. The van der Waals surface area contributed by atoms with Gasteiger partial charge in [0, 0.05) is 36.6 Å². The predicted molar refractivity (Wildman–Crippen MR) is 110 cm³/mol. The monoisotopic (exact) mass is 375 g/mol. The van der Waals surface area contributed by atoms with E-state index in [4.69, 9.17) is 0 Å². The molecule has 2 amide bonds. The number of carbonyl (C=O) groups excluding carboxylic acids is 2. The molecule has 2 aromatic carbocycles. The third-order valence-electron chi connectivity index (χ3n) is 5.65. The highest BCUT2D eigenvalue weighted by Gasteiger charge is 2.36. The third kappa shape index (κ3) is 3.65. The number of amides is 2. The molecule has 1 fully saturated rings. The molecule has 28 heavy (non-hydrogen) atoms. The van der Waals surface area contributed by atoms with E-state index < -0.39 is 0 Å². The molecule has 0 saturated carbocycles. The molecule has 3 aromatic rings. The smallest absolute Gasteiger partial charge is 0.225 e. The Labute approximate surface area is 164 Å². The Morgan fingerprint density at radius 2 is 1.93 bits per heavy atom. The lowest BCUT2D eigenvalue weighted by molar-refractivity contribution is -0.130. The summed E-state index contributed by atoms with van der Waals surface area (Å²) in [4.78, 5) is 30.1. The first kappa shape index (κ1) is 18.3. The van der Waals surface area contributed by atoms with Crippen molar-refractivity contribution >= 4 is 22.7 Å². The van der Waals surface area contributed by atoms with Crippen LogP contribution >= 0.6 is 0 Å². The number of para-hydroxylation sites is 1. The SMILES string of the molecule is C[C@H](c1ccccc1)N1C[C@H](C(=O)NCCc2c[nH]c3ccccc23)CC1=O. The number of H-pyrrole nitrogens is 1. The first-order chi connectivity index (χ1) is 13.6. The van der Waals surface area contributed by atoms with Gasteiger partial charge in [-0.3, -0.25) is 9.59 Å². The van der Waals surface area contributed by atoms with Crippen LogP contribution in [0.25, 0.3) is 10.9 Å². The van der Waals surface area contributed by atoms with Crippen LogP contribution in [0.2, 0.25) is 0 Å². The number of aromatic nitrogens is 1. The number of nitrogens with zero attached hydrogens (tertiary/aromatic N) is 1. The number of hydrogen-bond donors (Lipinski definition) is 2. The topological polar surface area (TPSA) is 65.2 Å². The summed E-state index contributed by atoms with van der Waals surface area (Å²) in [5.41, 5.74) is 3.39. The number of aromatic amines is 1. The number of likely N-dealkylation sites (tertiary alicyclic amines) is 1. The molecule has 2 atom stereocenters. The summed E-state index contributed by atoms with van der Waals surface area (Å²) in [6.45, 7) is 3.07. The summed E-state index contributed by atoms with van der Waals surface area (Å²) >= 11 is 0. The lowest BCUT2D eigenvalue weighted by Gasteiger charge is -2.25. The van der Waals surface area contributed by atoms with Crippen molar-refractivity contribution in [2.75, 3.05) is 13.1 Å². The van der Waals surface area contributed by atoms with Crippen LogP contribution in [0.4, 0.5) is 0 Å². The average Bonchev–Trinajstić information content (AvgIpc) is 3.32. The minimum absolute atomic E-state index is 0.0160. The first-order valence-electron chi connectivity index (χ1n) is 9.80. The minimum Gasteiger partial charge on any atom is -0.361 e. The van der Waals surface area contributed by atoms with Gasteiger partial charge in [-0.15, -0.1) is 0 Å². The third-order valence-corrected chi connectivity index (χ3v) is 5.65. The molecule has 5 nitrogen and oxygen atoms in total. The number of hydrogen-bond acceptors (Lipinski definition) is 2. The van der Waals surface area contributed by atoms with Crippen LogP contribution < -0.4 is 5.32 Å². The number of benzene rings is 2. The molecule has 0 spiro atoms. The highest BCUT2D eigenvalue weighted by molar-refractivity contribution is 5.89. The summed E-state index contributed by atoms with van der Waals surface area (Å²) in [5, 5.41) is 4.21. The van der Waals surface area contributed by atoms with E-state index >= 15 is 0 Å².